The molecular weight excluding hydrogens is 419 g/mol. The van der Waals surface area contributed by atoms with Gasteiger partial charge in [-0.25, -0.2) is 9.97 Å². The van der Waals surface area contributed by atoms with Crippen molar-refractivity contribution in [3.8, 4) is 0 Å². The van der Waals surface area contributed by atoms with Crippen LogP contribution in [0.25, 0.3) is 5.65 Å². The van der Waals surface area contributed by atoms with E-state index in [9.17, 15) is 14.7 Å². The molecule has 0 atom stereocenters. The fourth-order valence-electron chi connectivity index (χ4n) is 3.68. The van der Waals surface area contributed by atoms with Gasteiger partial charge in [-0.15, -0.1) is 0 Å². The quantitative estimate of drug-likeness (QED) is 0.423. The van der Waals surface area contributed by atoms with Gasteiger partial charge in [0.15, 0.2) is 0 Å². The van der Waals surface area contributed by atoms with Crippen LogP contribution in [-0.2, 0) is 17.6 Å². The van der Waals surface area contributed by atoms with E-state index >= 15 is 0 Å². The molecule has 0 spiro atoms. The summed E-state index contributed by atoms with van der Waals surface area (Å²) in [5, 5.41) is 12.2. The lowest BCUT2D eigenvalue weighted by molar-refractivity contribution is -0.136. The number of anilines is 2. The summed E-state index contributed by atoms with van der Waals surface area (Å²) in [4.78, 5) is 34.8. The van der Waals surface area contributed by atoms with Gasteiger partial charge in [-0.2, -0.15) is 0 Å². The van der Waals surface area contributed by atoms with Crippen LogP contribution in [0.1, 0.15) is 32.9 Å². The first-order valence-electron chi connectivity index (χ1n) is 10.5. The van der Waals surface area contributed by atoms with Crippen molar-refractivity contribution >= 4 is 29.0 Å². The number of fused-ring (bicyclic) bond motifs is 1. The number of rotatable bonds is 7. The van der Waals surface area contributed by atoms with Crippen molar-refractivity contribution in [2.45, 2.75) is 19.8 Å². The van der Waals surface area contributed by atoms with Crippen molar-refractivity contribution in [2.75, 3.05) is 24.3 Å². The molecule has 8 nitrogen and oxygen atoms in total. The van der Waals surface area contributed by atoms with Gasteiger partial charge in [0.2, 0.25) is 0 Å². The smallest absolute Gasteiger partial charge is 0.308 e. The molecule has 0 saturated carbocycles. The van der Waals surface area contributed by atoms with Crippen LogP contribution in [0, 0.1) is 6.92 Å². The second kappa shape index (κ2) is 9.12. The maximum absolute atomic E-state index is 12.4. The summed E-state index contributed by atoms with van der Waals surface area (Å²) in [6.45, 7) is 1.98. The minimum atomic E-state index is -0.930. The topological polar surface area (TPSA) is 99.8 Å². The van der Waals surface area contributed by atoms with E-state index in [0.717, 1.165) is 17.0 Å². The van der Waals surface area contributed by atoms with E-state index in [-0.39, 0.29) is 12.3 Å². The lowest BCUT2D eigenvalue weighted by Crippen LogP contribution is -2.19. The van der Waals surface area contributed by atoms with Crippen LogP contribution in [0.5, 0.6) is 0 Å². The van der Waals surface area contributed by atoms with Crippen LogP contribution in [0.4, 0.5) is 11.5 Å². The highest BCUT2D eigenvalue weighted by Gasteiger charge is 2.19. The standard InChI is InChI=1S/C25H25N5O3/c1-16-4-8-18(9-5-16)25(33)27-19-10-6-17(7-11-19)14-21-28-24(29(2)3)20(15-22(31)32)23-26-12-13-30(21)23/h4-13H,14-15H2,1-3H3,(H,27,33)(H,31,32)/i2+1. The lowest BCUT2D eigenvalue weighted by atomic mass is 10.1. The molecule has 0 saturated heterocycles. The Morgan fingerprint density at radius 3 is 2.39 bits per heavy atom. The van der Waals surface area contributed by atoms with Gasteiger partial charge in [-0.05, 0) is 36.8 Å². The number of carbonyl (C=O) groups excluding carboxylic acids is 1. The first-order valence-corrected chi connectivity index (χ1v) is 10.5. The largest absolute Gasteiger partial charge is 0.481 e. The molecule has 0 aliphatic rings. The van der Waals surface area contributed by atoms with Crippen LogP contribution >= 0.6 is 0 Å². The Hall–Kier alpha value is -4.20. The zero-order chi connectivity index (χ0) is 23.5. The van der Waals surface area contributed by atoms with E-state index in [0.29, 0.717) is 34.7 Å². The molecule has 8 heteroatoms. The molecule has 0 unspecified atom stereocenters. The molecular formula is C25H25N5O3. The van der Waals surface area contributed by atoms with E-state index in [4.69, 9.17) is 4.98 Å². The van der Waals surface area contributed by atoms with Crippen molar-refractivity contribution < 1.29 is 14.7 Å². The normalized spacial score (nSPS) is 10.9. The monoisotopic (exact) mass is 444 g/mol. The number of hydrogen-bond acceptors (Lipinski definition) is 5. The Morgan fingerprint density at radius 2 is 1.76 bits per heavy atom. The lowest BCUT2D eigenvalue weighted by Gasteiger charge is -2.18. The summed E-state index contributed by atoms with van der Waals surface area (Å²) in [7, 11) is 3.67. The first kappa shape index (κ1) is 22.0. The number of carboxylic acid groups (broad SMARTS) is 1. The number of aliphatic carboxylic acids is 1. The third-order valence-electron chi connectivity index (χ3n) is 5.33. The highest BCUT2D eigenvalue weighted by Crippen LogP contribution is 2.24. The summed E-state index contributed by atoms with van der Waals surface area (Å²) in [6.07, 6.45) is 3.80. The van der Waals surface area contributed by atoms with Crippen LogP contribution in [0.2, 0.25) is 0 Å². The number of carboxylic acids is 1. The van der Waals surface area contributed by atoms with Gasteiger partial charge < -0.3 is 15.3 Å². The molecule has 0 fully saturated rings. The van der Waals surface area contributed by atoms with Crippen molar-refractivity contribution in [3.05, 3.63) is 89.0 Å². The predicted octanol–water partition coefficient (Wildman–Crippen LogP) is 3.57. The second-order valence-electron chi connectivity index (χ2n) is 8.11. The third-order valence-corrected chi connectivity index (χ3v) is 5.33. The average molecular weight is 444 g/mol. The molecule has 0 radical (unpaired) electrons. The molecule has 33 heavy (non-hydrogen) atoms. The van der Waals surface area contributed by atoms with Crippen molar-refractivity contribution in [3.63, 3.8) is 0 Å². The number of aryl methyl sites for hydroxylation is 1. The SMILES string of the molecule is Cc1ccc(C(=O)Nc2ccc(Cc3nc(N(C)[13CH3])c(CC(=O)O)c4nccn34)cc2)cc1. The predicted molar refractivity (Wildman–Crippen MR) is 127 cm³/mol. The average Bonchev–Trinajstić information content (AvgIpc) is 3.27. The Kier molecular flexibility index (Phi) is 6.08. The van der Waals surface area contributed by atoms with E-state index in [1.54, 1.807) is 29.4 Å². The van der Waals surface area contributed by atoms with Gasteiger partial charge in [-0.1, -0.05) is 29.8 Å². The number of imidazole rings is 1. The number of benzene rings is 2. The van der Waals surface area contributed by atoms with Gasteiger partial charge >= 0.3 is 5.97 Å². The van der Waals surface area contributed by atoms with Crippen LogP contribution < -0.4 is 10.2 Å². The van der Waals surface area contributed by atoms with Gasteiger partial charge in [0.05, 0.1) is 6.42 Å². The third kappa shape index (κ3) is 4.85. The Labute approximate surface area is 191 Å². The zero-order valence-corrected chi connectivity index (χ0v) is 18.7. The van der Waals surface area contributed by atoms with E-state index in [1.807, 2.05) is 61.8 Å². The minimum absolute atomic E-state index is 0.156. The fourth-order valence-corrected chi connectivity index (χ4v) is 3.68. The molecule has 0 bridgehead atoms. The van der Waals surface area contributed by atoms with Gasteiger partial charge in [0, 0.05) is 49.7 Å². The molecule has 2 heterocycles. The van der Waals surface area contributed by atoms with Gasteiger partial charge in [0.25, 0.3) is 5.91 Å². The number of nitrogens with zero attached hydrogens (tertiary/aromatic N) is 4. The maximum atomic E-state index is 12.4. The minimum Gasteiger partial charge on any atom is -0.481 e. The highest BCUT2D eigenvalue weighted by molar-refractivity contribution is 6.04. The number of nitrogens with one attached hydrogen (secondary N) is 1. The number of hydrogen-bond donors (Lipinski definition) is 2. The van der Waals surface area contributed by atoms with Gasteiger partial charge in [0.1, 0.15) is 17.3 Å². The Balaban J connectivity index is 1.57. The first-order chi connectivity index (χ1) is 15.8. The Bertz CT molecular complexity index is 1310. The molecule has 2 N–H and O–H groups in total. The molecule has 4 rings (SSSR count). The van der Waals surface area contributed by atoms with Crippen LogP contribution in [0.3, 0.4) is 0 Å². The molecule has 168 valence electrons. The number of amides is 1. The fraction of sp³-hybridized carbons (Fsp3) is 0.200. The van der Waals surface area contributed by atoms with Crippen molar-refractivity contribution in [1.29, 1.82) is 0 Å². The summed E-state index contributed by atoms with van der Waals surface area (Å²) in [5.74, 6) is 0.250. The number of carbonyl (C=O) groups is 2. The zero-order valence-electron chi connectivity index (χ0n) is 18.7. The molecule has 4 aromatic rings. The highest BCUT2D eigenvalue weighted by atomic mass is 16.4. The molecule has 1 amide bonds. The van der Waals surface area contributed by atoms with Crippen LogP contribution in [0.15, 0.2) is 60.9 Å². The molecule has 2 aromatic heterocycles. The summed E-state index contributed by atoms with van der Waals surface area (Å²) in [5.41, 5.74) is 4.58. The summed E-state index contributed by atoms with van der Waals surface area (Å²) >= 11 is 0. The molecule has 2 aromatic carbocycles. The van der Waals surface area contributed by atoms with E-state index in [2.05, 4.69) is 10.3 Å². The van der Waals surface area contributed by atoms with E-state index in [1.165, 1.54) is 0 Å². The maximum Gasteiger partial charge on any atom is 0.308 e. The van der Waals surface area contributed by atoms with Gasteiger partial charge in [-0.3, -0.25) is 14.0 Å². The van der Waals surface area contributed by atoms with Crippen molar-refractivity contribution in [1.82, 2.24) is 14.4 Å². The molecule has 0 aliphatic heterocycles. The number of aromatic nitrogens is 3. The summed E-state index contributed by atoms with van der Waals surface area (Å²) in [6, 6.07) is 15.0. The molecule has 0 aliphatic carbocycles. The van der Waals surface area contributed by atoms with Crippen LogP contribution in [-0.4, -0.2) is 45.4 Å². The second-order valence-corrected chi connectivity index (χ2v) is 8.11. The summed E-state index contributed by atoms with van der Waals surface area (Å²) < 4.78 is 1.83. The Morgan fingerprint density at radius 1 is 1.06 bits per heavy atom. The van der Waals surface area contributed by atoms with E-state index < -0.39 is 5.97 Å². The van der Waals surface area contributed by atoms with Crippen molar-refractivity contribution in [2.24, 2.45) is 0 Å².